The number of benzene rings is 3. The number of rotatable bonds is 6. The number of nitrogens with one attached hydrogen (secondary N) is 2. The maximum absolute atomic E-state index is 12.5. The van der Waals surface area contributed by atoms with Crippen molar-refractivity contribution in [3.63, 3.8) is 0 Å². The van der Waals surface area contributed by atoms with E-state index in [4.69, 9.17) is 0 Å². The van der Waals surface area contributed by atoms with E-state index in [1.165, 1.54) is 12.5 Å². The molecule has 0 saturated carbocycles. The van der Waals surface area contributed by atoms with Gasteiger partial charge in [-0.1, -0.05) is 25.1 Å². The zero-order valence-corrected chi connectivity index (χ0v) is 16.4. The van der Waals surface area contributed by atoms with Crippen molar-refractivity contribution < 1.29 is 14.4 Å². The summed E-state index contributed by atoms with van der Waals surface area (Å²) >= 11 is 0. The van der Waals surface area contributed by atoms with Gasteiger partial charge >= 0.3 is 0 Å². The molecule has 0 fully saturated rings. The van der Waals surface area contributed by atoms with Crippen molar-refractivity contribution in [3.05, 3.63) is 95.1 Å². The third-order valence-electron chi connectivity index (χ3n) is 4.56. The Morgan fingerprint density at radius 1 is 0.690 bits per heavy atom. The summed E-state index contributed by atoms with van der Waals surface area (Å²) in [6, 6.07) is 20.8. The van der Waals surface area contributed by atoms with E-state index in [0.29, 0.717) is 28.1 Å². The Balaban J connectivity index is 1.69. The van der Waals surface area contributed by atoms with Gasteiger partial charge in [0.15, 0.2) is 5.78 Å². The molecule has 5 heteroatoms. The Morgan fingerprint density at radius 2 is 1.17 bits per heavy atom. The quantitative estimate of drug-likeness (QED) is 0.588. The lowest BCUT2D eigenvalue weighted by Gasteiger charge is -2.09. The third-order valence-corrected chi connectivity index (χ3v) is 4.56. The summed E-state index contributed by atoms with van der Waals surface area (Å²) in [4.78, 5) is 36.4. The fourth-order valence-electron chi connectivity index (χ4n) is 2.82. The predicted molar refractivity (Wildman–Crippen MR) is 115 cm³/mol. The normalized spacial score (nSPS) is 10.3. The Kier molecular flexibility index (Phi) is 6.19. The van der Waals surface area contributed by atoms with Crippen LogP contribution in [0.2, 0.25) is 0 Å². The van der Waals surface area contributed by atoms with Crippen LogP contribution in [0.3, 0.4) is 0 Å². The number of carbonyl (C=O) groups is 3. The number of amides is 2. The molecule has 0 aliphatic heterocycles. The van der Waals surface area contributed by atoms with Gasteiger partial charge in [0.05, 0.1) is 0 Å². The lowest BCUT2D eigenvalue weighted by Crippen LogP contribution is -2.15. The maximum Gasteiger partial charge on any atom is 0.255 e. The fourth-order valence-corrected chi connectivity index (χ4v) is 2.82. The molecule has 3 rings (SSSR count). The highest BCUT2D eigenvalue weighted by Gasteiger charge is 2.11. The molecule has 0 aliphatic carbocycles. The van der Waals surface area contributed by atoms with Crippen LogP contribution in [0.4, 0.5) is 11.4 Å². The van der Waals surface area contributed by atoms with E-state index in [1.54, 1.807) is 48.5 Å². The Hall–Kier alpha value is -3.73. The summed E-state index contributed by atoms with van der Waals surface area (Å²) in [5, 5.41) is 5.61. The van der Waals surface area contributed by atoms with Crippen molar-refractivity contribution in [2.45, 2.75) is 20.3 Å². The first-order chi connectivity index (χ1) is 14.0. The van der Waals surface area contributed by atoms with E-state index in [2.05, 4.69) is 17.6 Å². The van der Waals surface area contributed by atoms with Crippen molar-refractivity contribution in [2.24, 2.45) is 0 Å². The second-order valence-electron chi connectivity index (χ2n) is 6.67. The molecular weight excluding hydrogens is 364 g/mol. The number of anilines is 2. The molecule has 3 aromatic rings. The molecule has 0 atom stereocenters. The number of carbonyl (C=O) groups excluding carboxylic acids is 3. The van der Waals surface area contributed by atoms with E-state index < -0.39 is 0 Å². The first-order valence-corrected chi connectivity index (χ1v) is 9.39. The van der Waals surface area contributed by atoms with Crippen molar-refractivity contribution in [3.8, 4) is 0 Å². The van der Waals surface area contributed by atoms with Crippen LogP contribution in [0.1, 0.15) is 50.5 Å². The summed E-state index contributed by atoms with van der Waals surface area (Å²) in [5.74, 6) is -0.650. The highest BCUT2D eigenvalue weighted by Crippen LogP contribution is 2.15. The van der Waals surface area contributed by atoms with E-state index in [-0.39, 0.29) is 17.6 Å². The zero-order valence-electron chi connectivity index (χ0n) is 16.4. The van der Waals surface area contributed by atoms with E-state index in [1.807, 2.05) is 24.3 Å². The average Bonchev–Trinajstić information content (AvgIpc) is 2.74. The highest BCUT2D eigenvalue weighted by molar-refractivity contribution is 6.08. The smallest absolute Gasteiger partial charge is 0.255 e. The zero-order chi connectivity index (χ0) is 20.8. The van der Waals surface area contributed by atoms with Gasteiger partial charge in [0.1, 0.15) is 0 Å². The van der Waals surface area contributed by atoms with Gasteiger partial charge in [-0.05, 0) is 73.5 Å². The number of ketones is 1. The van der Waals surface area contributed by atoms with E-state index >= 15 is 0 Å². The van der Waals surface area contributed by atoms with E-state index in [9.17, 15) is 14.4 Å². The molecule has 3 aromatic carbocycles. The lowest BCUT2D eigenvalue weighted by atomic mass is 10.1. The summed E-state index contributed by atoms with van der Waals surface area (Å²) in [5.41, 5.74) is 3.81. The number of aryl methyl sites for hydroxylation is 1. The van der Waals surface area contributed by atoms with Gasteiger partial charge in [-0.2, -0.15) is 0 Å². The minimum absolute atomic E-state index is 0.0362. The van der Waals surface area contributed by atoms with Crippen LogP contribution < -0.4 is 10.6 Å². The minimum Gasteiger partial charge on any atom is -0.322 e. The SMILES string of the molecule is CCc1ccc(NC(=O)c2cccc(C(=O)Nc3ccc(C(C)=O)cc3)c2)cc1. The number of hydrogen-bond acceptors (Lipinski definition) is 3. The van der Waals surface area contributed by atoms with Crippen LogP contribution in [-0.4, -0.2) is 17.6 Å². The molecule has 0 saturated heterocycles. The number of hydrogen-bond donors (Lipinski definition) is 2. The molecule has 0 bridgehead atoms. The second kappa shape index (κ2) is 8.97. The summed E-state index contributed by atoms with van der Waals surface area (Å²) in [6.07, 6.45) is 0.933. The van der Waals surface area contributed by atoms with Gasteiger partial charge < -0.3 is 10.6 Å². The Bertz CT molecular complexity index is 1040. The largest absolute Gasteiger partial charge is 0.322 e. The molecule has 2 amide bonds. The standard InChI is InChI=1S/C24H22N2O3/c1-3-17-7-11-21(12-8-17)25-23(28)19-5-4-6-20(15-19)24(29)26-22-13-9-18(10-14-22)16(2)27/h4-15H,3H2,1-2H3,(H,25,28)(H,26,29). The molecule has 0 aromatic heterocycles. The Morgan fingerprint density at radius 3 is 1.62 bits per heavy atom. The molecule has 0 heterocycles. The molecule has 0 unspecified atom stereocenters. The Labute approximate surface area is 169 Å². The van der Waals surface area contributed by atoms with Crippen molar-refractivity contribution in [1.82, 2.24) is 0 Å². The van der Waals surface area contributed by atoms with Gasteiger partial charge in [0.25, 0.3) is 11.8 Å². The summed E-state index contributed by atoms with van der Waals surface area (Å²) in [7, 11) is 0. The third kappa shape index (κ3) is 5.17. The minimum atomic E-state index is -0.331. The van der Waals surface area contributed by atoms with Crippen molar-refractivity contribution in [2.75, 3.05) is 10.6 Å². The molecule has 0 radical (unpaired) electrons. The predicted octanol–water partition coefficient (Wildman–Crippen LogP) is 4.96. The van der Waals surface area contributed by atoms with Crippen molar-refractivity contribution >= 4 is 29.0 Å². The summed E-state index contributed by atoms with van der Waals surface area (Å²) < 4.78 is 0. The van der Waals surface area contributed by atoms with E-state index in [0.717, 1.165) is 6.42 Å². The summed E-state index contributed by atoms with van der Waals surface area (Å²) in [6.45, 7) is 3.56. The monoisotopic (exact) mass is 386 g/mol. The van der Waals surface area contributed by atoms with Gasteiger partial charge in [-0.25, -0.2) is 0 Å². The first kappa shape index (κ1) is 20.0. The fraction of sp³-hybridized carbons (Fsp3) is 0.125. The lowest BCUT2D eigenvalue weighted by molar-refractivity contribution is 0.101. The molecular formula is C24H22N2O3. The van der Waals surface area contributed by atoms with Crippen LogP contribution in [0.25, 0.3) is 0 Å². The molecule has 5 nitrogen and oxygen atoms in total. The van der Waals surface area contributed by atoms with Gasteiger partial charge in [0, 0.05) is 28.1 Å². The van der Waals surface area contributed by atoms with Crippen LogP contribution in [0, 0.1) is 0 Å². The van der Waals surface area contributed by atoms with Crippen LogP contribution in [0.15, 0.2) is 72.8 Å². The van der Waals surface area contributed by atoms with Gasteiger partial charge in [-0.15, -0.1) is 0 Å². The molecule has 29 heavy (non-hydrogen) atoms. The molecule has 2 N–H and O–H groups in total. The van der Waals surface area contributed by atoms with Crippen LogP contribution in [-0.2, 0) is 6.42 Å². The first-order valence-electron chi connectivity index (χ1n) is 9.39. The molecule has 0 aliphatic rings. The maximum atomic E-state index is 12.5. The van der Waals surface area contributed by atoms with Gasteiger partial charge in [-0.3, -0.25) is 14.4 Å². The molecule has 146 valence electrons. The molecule has 0 spiro atoms. The van der Waals surface area contributed by atoms with Gasteiger partial charge in [0.2, 0.25) is 0 Å². The van der Waals surface area contributed by atoms with Crippen LogP contribution in [0.5, 0.6) is 0 Å². The average molecular weight is 386 g/mol. The number of Topliss-reactive ketones (excluding diaryl/α,β-unsaturated/α-hetero) is 1. The van der Waals surface area contributed by atoms with Crippen LogP contribution >= 0.6 is 0 Å². The highest BCUT2D eigenvalue weighted by atomic mass is 16.2. The topological polar surface area (TPSA) is 75.3 Å². The van der Waals surface area contributed by atoms with Crippen molar-refractivity contribution in [1.29, 1.82) is 0 Å². The second-order valence-corrected chi connectivity index (χ2v) is 6.67.